The highest BCUT2D eigenvalue weighted by Gasteiger charge is 2.21. The van der Waals surface area contributed by atoms with Crippen LogP contribution < -0.4 is 14.2 Å². The zero-order valence-electron chi connectivity index (χ0n) is 13.5. The number of furan rings is 1. The minimum absolute atomic E-state index is 0.161. The fourth-order valence-corrected chi connectivity index (χ4v) is 2.34. The van der Waals surface area contributed by atoms with Gasteiger partial charge in [0.15, 0.2) is 11.5 Å². The number of hydrogen-bond acceptors (Lipinski definition) is 6. The van der Waals surface area contributed by atoms with E-state index in [1.54, 1.807) is 18.2 Å². The Labute approximate surface area is 139 Å². The molecule has 0 saturated heterocycles. The summed E-state index contributed by atoms with van der Waals surface area (Å²) >= 11 is 0. The van der Waals surface area contributed by atoms with E-state index in [4.69, 9.17) is 23.7 Å². The topological polar surface area (TPSA) is 102 Å². The maximum absolute atomic E-state index is 10.9. The van der Waals surface area contributed by atoms with Crippen LogP contribution in [0.5, 0.6) is 17.2 Å². The Hall–Kier alpha value is -3.14. The quantitative estimate of drug-likeness (QED) is 0.832. The van der Waals surface area contributed by atoms with Gasteiger partial charge in [0.1, 0.15) is 5.76 Å². The van der Waals surface area contributed by atoms with Crippen LogP contribution >= 0.6 is 0 Å². The third kappa shape index (κ3) is 3.43. The summed E-state index contributed by atoms with van der Waals surface area (Å²) in [5, 5.41) is 18.4. The maximum atomic E-state index is 10.9. The first kappa shape index (κ1) is 17.2. The van der Waals surface area contributed by atoms with Gasteiger partial charge in [-0.05, 0) is 29.8 Å². The number of nitriles is 1. The lowest BCUT2D eigenvalue weighted by Gasteiger charge is -2.16. The van der Waals surface area contributed by atoms with E-state index in [0.717, 1.165) is 0 Å². The molecule has 1 aromatic carbocycles. The predicted octanol–water partition coefficient (Wildman–Crippen LogP) is 2.85. The molecule has 0 radical (unpaired) electrons. The van der Waals surface area contributed by atoms with E-state index in [1.807, 2.05) is 0 Å². The molecular formula is C17H17NO6. The molecule has 1 heterocycles. The van der Waals surface area contributed by atoms with Crippen molar-refractivity contribution in [3.05, 3.63) is 41.3 Å². The van der Waals surface area contributed by atoms with Crippen molar-refractivity contribution in [3.63, 3.8) is 0 Å². The lowest BCUT2D eigenvalue weighted by Crippen LogP contribution is -2.03. The molecule has 1 atom stereocenters. The Bertz CT molecular complexity index is 749. The van der Waals surface area contributed by atoms with Crippen molar-refractivity contribution < 1.29 is 28.5 Å². The second-order valence-corrected chi connectivity index (χ2v) is 4.92. The number of carboxylic acid groups (broad SMARTS) is 1. The van der Waals surface area contributed by atoms with Crippen molar-refractivity contribution in [2.75, 3.05) is 21.3 Å². The monoisotopic (exact) mass is 331 g/mol. The molecule has 0 amide bonds. The number of carbonyl (C=O) groups is 1. The number of aromatic carboxylic acids is 1. The van der Waals surface area contributed by atoms with E-state index in [1.165, 1.54) is 27.4 Å². The summed E-state index contributed by atoms with van der Waals surface area (Å²) in [6.07, 6.45) is 0.225. The Morgan fingerprint density at radius 3 is 2.25 bits per heavy atom. The normalized spacial score (nSPS) is 11.4. The van der Waals surface area contributed by atoms with Crippen molar-refractivity contribution in [1.29, 1.82) is 5.26 Å². The van der Waals surface area contributed by atoms with Crippen molar-refractivity contribution >= 4 is 5.97 Å². The third-order valence-corrected chi connectivity index (χ3v) is 3.52. The van der Waals surface area contributed by atoms with E-state index in [0.29, 0.717) is 28.6 Å². The molecule has 1 aromatic heterocycles. The highest BCUT2D eigenvalue weighted by molar-refractivity contribution is 5.84. The summed E-state index contributed by atoms with van der Waals surface area (Å²) in [7, 11) is 4.49. The van der Waals surface area contributed by atoms with Crippen molar-refractivity contribution in [2.24, 2.45) is 0 Å². The molecule has 2 rings (SSSR count). The van der Waals surface area contributed by atoms with Gasteiger partial charge in [-0.3, -0.25) is 0 Å². The smallest absolute Gasteiger partial charge is 0.371 e. The molecule has 126 valence electrons. The number of benzene rings is 1. The summed E-state index contributed by atoms with van der Waals surface area (Å²) in [6, 6.07) is 8.48. The zero-order valence-corrected chi connectivity index (χ0v) is 13.5. The summed E-state index contributed by atoms with van der Waals surface area (Å²) < 4.78 is 21.0. The molecule has 7 heteroatoms. The number of ether oxygens (including phenoxy) is 3. The summed E-state index contributed by atoms with van der Waals surface area (Å²) in [6.45, 7) is 0. The van der Waals surface area contributed by atoms with Gasteiger partial charge in [-0.15, -0.1) is 0 Å². The first-order chi connectivity index (χ1) is 11.5. The van der Waals surface area contributed by atoms with E-state index in [-0.39, 0.29) is 12.2 Å². The second kappa shape index (κ2) is 7.42. The van der Waals surface area contributed by atoms with E-state index < -0.39 is 11.9 Å². The number of carboxylic acids is 1. The van der Waals surface area contributed by atoms with Gasteiger partial charge in [-0.25, -0.2) is 4.79 Å². The molecular weight excluding hydrogens is 314 g/mol. The molecule has 0 aliphatic carbocycles. The van der Waals surface area contributed by atoms with Crippen molar-refractivity contribution in [2.45, 2.75) is 12.3 Å². The third-order valence-electron chi connectivity index (χ3n) is 3.52. The Kier molecular flexibility index (Phi) is 5.32. The first-order valence-electron chi connectivity index (χ1n) is 7.05. The van der Waals surface area contributed by atoms with Gasteiger partial charge >= 0.3 is 5.97 Å². The molecule has 2 aromatic rings. The average Bonchev–Trinajstić information content (AvgIpc) is 3.07. The lowest BCUT2D eigenvalue weighted by molar-refractivity contribution is 0.0660. The van der Waals surface area contributed by atoms with Crippen LogP contribution in [0.25, 0.3) is 0 Å². The molecule has 0 aliphatic heterocycles. The van der Waals surface area contributed by atoms with Crippen LogP contribution in [0.2, 0.25) is 0 Å². The van der Waals surface area contributed by atoms with Gasteiger partial charge in [0.25, 0.3) is 0 Å². The molecule has 0 aliphatic rings. The molecule has 0 saturated carbocycles. The van der Waals surface area contributed by atoms with Crippen molar-refractivity contribution in [1.82, 2.24) is 0 Å². The Morgan fingerprint density at radius 2 is 1.83 bits per heavy atom. The van der Waals surface area contributed by atoms with Gasteiger partial charge < -0.3 is 23.7 Å². The highest BCUT2D eigenvalue weighted by atomic mass is 16.5. The number of hydrogen-bond donors (Lipinski definition) is 1. The van der Waals surface area contributed by atoms with Gasteiger partial charge in [-0.1, -0.05) is 0 Å². The number of rotatable bonds is 7. The van der Waals surface area contributed by atoms with Crippen LogP contribution in [0.4, 0.5) is 0 Å². The Balaban J connectivity index is 2.36. The van der Waals surface area contributed by atoms with Crippen molar-refractivity contribution in [3.8, 4) is 23.3 Å². The van der Waals surface area contributed by atoms with Crippen LogP contribution in [0, 0.1) is 11.3 Å². The minimum Gasteiger partial charge on any atom is -0.493 e. The fourth-order valence-electron chi connectivity index (χ4n) is 2.34. The van der Waals surface area contributed by atoms with Crippen LogP contribution in [0.1, 0.15) is 27.8 Å². The molecule has 0 fully saturated rings. The van der Waals surface area contributed by atoms with E-state index in [2.05, 4.69) is 6.07 Å². The summed E-state index contributed by atoms with van der Waals surface area (Å²) in [5.41, 5.74) is 0.653. The number of nitrogens with zero attached hydrogens (tertiary/aromatic N) is 1. The fraction of sp³-hybridized carbons (Fsp3) is 0.294. The standard InChI is InChI=1S/C17H17NO6/c1-21-14-7-10(8-15(22-2)16(14)23-3)11(9-18)6-12-4-5-13(24-12)17(19)20/h4-5,7-8,11H,6H2,1-3H3,(H,19,20). The van der Waals surface area contributed by atoms with Gasteiger partial charge in [0.05, 0.1) is 33.3 Å². The van der Waals surface area contributed by atoms with E-state index in [9.17, 15) is 10.1 Å². The predicted molar refractivity (Wildman–Crippen MR) is 83.8 cm³/mol. The van der Waals surface area contributed by atoms with Crippen LogP contribution in [0.3, 0.4) is 0 Å². The molecule has 1 unspecified atom stereocenters. The SMILES string of the molecule is COc1cc(C(C#N)Cc2ccc(C(=O)O)o2)cc(OC)c1OC. The minimum atomic E-state index is -1.15. The second-order valence-electron chi connectivity index (χ2n) is 4.92. The van der Waals surface area contributed by atoms with E-state index >= 15 is 0 Å². The molecule has 1 N–H and O–H groups in total. The van der Waals surface area contributed by atoms with Crippen LogP contribution in [-0.4, -0.2) is 32.4 Å². The summed E-state index contributed by atoms with van der Waals surface area (Å²) in [5.74, 6) is -0.143. The largest absolute Gasteiger partial charge is 0.493 e. The highest BCUT2D eigenvalue weighted by Crippen LogP contribution is 2.40. The molecule has 0 spiro atoms. The zero-order chi connectivity index (χ0) is 17.7. The van der Waals surface area contributed by atoms with Crippen LogP contribution in [0.15, 0.2) is 28.7 Å². The van der Waals surface area contributed by atoms with Crippen LogP contribution in [-0.2, 0) is 6.42 Å². The lowest BCUT2D eigenvalue weighted by atomic mass is 9.95. The van der Waals surface area contributed by atoms with Gasteiger partial charge in [0, 0.05) is 6.42 Å². The van der Waals surface area contributed by atoms with Gasteiger partial charge in [0.2, 0.25) is 11.5 Å². The molecule has 7 nitrogen and oxygen atoms in total. The Morgan fingerprint density at radius 1 is 1.21 bits per heavy atom. The number of methoxy groups -OCH3 is 3. The van der Waals surface area contributed by atoms with Gasteiger partial charge in [-0.2, -0.15) is 5.26 Å². The molecule has 24 heavy (non-hydrogen) atoms. The first-order valence-corrected chi connectivity index (χ1v) is 7.05. The maximum Gasteiger partial charge on any atom is 0.371 e. The molecule has 0 bridgehead atoms. The average molecular weight is 331 g/mol. The summed E-state index contributed by atoms with van der Waals surface area (Å²) in [4.78, 5) is 10.9.